The molecule has 2 rings (SSSR count). The average Bonchev–Trinajstić information content (AvgIpc) is 2.79. The van der Waals surface area contributed by atoms with E-state index in [1.807, 2.05) is 12.1 Å². The number of methoxy groups -OCH3 is 2. The molecule has 0 aliphatic heterocycles. The molecule has 0 aliphatic carbocycles. The Hall–Kier alpha value is -1.79. The fourth-order valence-electron chi connectivity index (χ4n) is 1.69. The number of nitrogen functional groups attached to an aromatic ring is 1. The molecule has 0 saturated carbocycles. The fourth-order valence-corrected chi connectivity index (χ4v) is 2.40. The van der Waals surface area contributed by atoms with Crippen molar-refractivity contribution in [3.8, 4) is 22.8 Å². The van der Waals surface area contributed by atoms with E-state index < -0.39 is 0 Å². The van der Waals surface area contributed by atoms with E-state index in [2.05, 4.69) is 4.98 Å². The Balaban J connectivity index is 2.50. The van der Waals surface area contributed by atoms with Crippen molar-refractivity contribution in [2.24, 2.45) is 0 Å². The summed E-state index contributed by atoms with van der Waals surface area (Å²) >= 11 is 1.28. The zero-order valence-corrected chi connectivity index (χ0v) is 11.0. The van der Waals surface area contributed by atoms with Crippen LogP contribution in [0.4, 0.5) is 5.13 Å². The maximum Gasteiger partial charge on any atom is 0.180 e. The third kappa shape index (κ3) is 2.25. The Bertz CT molecular complexity index is 554. The lowest BCUT2D eigenvalue weighted by molar-refractivity contribution is 0.286. The Kier molecular flexibility index (Phi) is 3.69. The minimum absolute atomic E-state index is 0.0848. The largest absolute Gasteiger partial charge is 0.493 e. The highest BCUT2D eigenvalue weighted by Gasteiger charge is 2.13. The van der Waals surface area contributed by atoms with Gasteiger partial charge in [-0.15, -0.1) is 0 Å². The molecule has 96 valence electrons. The van der Waals surface area contributed by atoms with E-state index in [4.69, 9.17) is 15.2 Å². The quantitative estimate of drug-likeness (QED) is 0.883. The number of aliphatic hydroxyl groups is 1. The number of anilines is 1. The molecule has 6 heteroatoms. The summed E-state index contributed by atoms with van der Waals surface area (Å²) in [6, 6.07) is 5.46. The Morgan fingerprint density at radius 2 is 2.00 bits per heavy atom. The number of benzene rings is 1. The Morgan fingerprint density at radius 3 is 2.61 bits per heavy atom. The summed E-state index contributed by atoms with van der Waals surface area (Å²) in [6.45, 7) is -0.0848. The molecule has 0 unspecified atom stereocenters. The fraction of sp³-hybridized carbons (Fsp3) is 0.250. The zero-order valence-electron chi connectivity index (χ0n) is 10.1. The van der Waals surface area contributed by atoms with E-state index in [1.165, 1.54) is 11.3 Å². The molecule has 1 aromatic heterocycles. The molecule has 0 bridgehead atoms. The molecule has 0 spiro atoms. The molecule has 0 radical (unpaired) electrons. The third-order valence-electron chi connectivity index (χ3n) is 2.51. The number of hydrogen-bond donors (Lipinski definition) is 2. The van der Waals surface area contributed by atoms with Crippen LogP contribution in [0.2, 0.25) is 0 Å². The van der Waals surface area contributed by atoms with Crippen LogP contribution in [0.1, 0.15) is 4.88 Å². The molecule has 5 nitrogen and oxygen atoms in total. The van der Waals surface area contributed by atoms with Gasteiger partial charge in [-0.2, -0.15) is 0 Å². The van der Waals surface area contributed by atoms with Gasteiger partial charge in [-0.25, -0.2) is 4.98 Å². The molecule has 2 aromatic rings. The lowest BCUT2D eigenvalue weighted by Gasteiger charge is -2.09. The van der Waals surface area contributed by atoms with Gasteiger partial charge < -0.3 is 20.3 Å². The van der Waals surface area contributed by atoms with Gasteiger partial charge in [0, 0.05) is 5.56 Å². The van der Waals surface area contributed by atoms with Crippen molar-refractivity contribution in [1.82, 2.24) is 4.98 Å². The van der Waals surface area contributed by atoms with Crippen molar-refractivity contribution in [1.29, 1.82) is 0 Å². The van der Waals surface area contributed by atoms with Crippen LogP contribution in [0, 0.1) is 0 Å². The molecule has 1 aromatic carbocycles. The van der Waals surface area contributed by atoms with Gasteiger partial charge in [0.05, 0.1) is 31.4 Å². The lowest BCUT2D eigenvalue weighted by Crippen LogP contribution is -1.92. The summed E-state index contributed by atoms with van der Waals surface area (Å²) in [5, 5.41) is 9.71. The van der Waals surface area contributed by atoms with Crippen LogP contribution in [0.5, 0.6) is 11.5 Å². The SMILES string of the molecule is COc1ccc(-c2nc(N)sc2CO)cc1OC. The molecular formula is C12H14N2O3S. The number of nitrogens with zero attached hydrogens (tertiary/aromatic N) is 1. The van der Waals surface area contributed by atoms with E-state index in [0.29, 0.717) is 22.3 Å². The molecule has 0 aliphatic rings. The van der Waals surface area contributed by atoms with E-state index in [1.54, 1.807) is 20.3 Å². The van der Waals surface area contributed by atoms with Gasteiger partial charge in [0.15, 0.2) is 16.6 Å². The molecule has 0 atom stereocenters. The lowest BCUT2D eigenvalue weighted by atomic mass is 10.1. The second kappa shape index (κ2) is 5.24. The molecule has 1 heterocycles. The van der Waals surface area contributed by atoms with E-state index >= 15 is 0 Å². The van der Waals surface area contributed by atoms with E-state index in [-0.39, 0.29) is 6.61 Å². The number of hydrogen-bond acceptors (Lipinski definition) is 6. The summed E-state index contributed by atoms with van der Waals surface area (Å²) in [7, 11) is 3.15. The molecule has 0 fully saturated rings. The highest BCUT2D eigenvalue weighted by molar-refractivity contribution is 7.15. The highest BCUT2D eigenvalue weighted by Crippen LogP contribution is 2.35. The van der Waals surface area contributed by atoms with Crippen LogP contribution in [0.15, 0.2) is 18.2 Å². The van der Waals surface area contributed by atoms with Crippen molar-refractivity contribution in [2.45, 2.75) is 6.61 Å². The number of nitrogens with two attached hydrogens (primary N) is 1. The molecular weight excluding hydrogens is 252 g/mol. The molecule has 3 N–H and O–H groups in total. The first-order valence-electron chi connectivity index (χ1n) is 5.28. The zero-order chi connectivity index (χ0) is 13.1. The smallest absolute Gasteiger partial charge is 0.180 e. The van der Waals surface area contributed by atoms with Gasteiger partial charge >= 0.3 is 0 Å². The third-order valence-corrected chi connectivity index (χ3v) is 3.38. The van der Waals surface area contributed by atoms with Gasteiger partial charge in [-0.1, -0.05) is 11.3 Å². The summed E-state index contributed by atoms with van der Waals surface area (Å²) in [4.78, 5) is 4.96. The van der Waals surface area contributed by atoms with Crippen LogP contribution in [0.3, 0.4) is 0 Å². The van der Waals surface area contributed by atoms with Crippen molar-refractivity contribution in [3.05, 3.63) is 23.1 Å². The first-order valence-corrected chi connectivity index (χ1v) is 6.09. The van der Waals surface area contributed by atoms with Crippen LogP contribution in [-0.2, 0) is 6.61 Å². The van der Waals surface area contributed by atoms with Crippen molar-refractivity contribution >= 4 is 16.5 Å². The topological polar surface area (TPSA) is 77.6 Å². The first-order chi connectivity index (χ1) is 8.69. The van der Waals surface area contributed by atoms with Gasteiger partial charge in [0.2, 0.25) is 0 Å². The van der Waals surface area contributed by atoms with Crippen LogP contribution in [-0.4, -0.2) is 24.3 Å². The summed E-state index contributed by atoms with van der Waals surface area (Å²) in [6.07, 6.45) is 0. The number of thiazole rings is 1. The molecule has 18 heavy (non-hydrogen) atoms. The normalized spacial score (nSPS) is 10.4. The second-order valence-corrected chi connectivity index (χ2v) is 4.67. The predicted molar refractivity (Wildman–Crippen MR) is 71.0 cm³/mol. The summed E-state index contributed by atoms with van der Waals surface area (Å²) in [5.41, 5.74) is 7.18. The van der Waals surface area contributed by atoms with Crippen LogP contribution >= 0.6 is 11.3 Å². The number of aliphatic hydroxyl groups excluding tert-OH is 1. The van der Waals surface area contributed by atoms with E-state index in [9.17, 15) is 5.11 Å². The molecule has 0 amide bonds. The Labute approximate surface area is 109 Å². The van der Waals surface area contributed by atoms with Gasteiger partial charge in [-0.05, 0) is 18.2 Å². The van der Waals surface area contributed by atoms with Crippen molar-refractivity contribution < 1.29 is 14.6 Å². The summed E-state index contributed by atoms with van der Waals surface area (Å²) < 4.78 is 10.4. The van der Waals surface area contributed by atoms with E-state index in [0.717, 1.165) is 10.4 Å². The summed E-state index contributed by atoms with van der Waals surface area (Å²) in [5.74, 6) is 1.26. The average molecular weight is 266 g/mol. The second-order valence-electron chi connectivity index (χ2n) is 3.55. The maximum absolute atomic E-state index is 9.28. The monoisotopic (exact) mass is 266 g/mol. The number of ether oxygens (including phenoxy) is 2. The number of rotatable bonds is 4. The van der Waals surface area contributed by atoms with Crippen molar-refractivity contribution in [2.75, 3.05) is 20.0 Å². The highest BCUT2D eigenvalue weighted by atomic mass is 32.1. The minimum Gasteiger partial charge on any atom is -0.493 e. The van der Waals surface area contributed by atoms with Crippen molar-refractivity contribution in [3.63, 3.8) is 0 Å². The van der Waals surface area contributed by atoms with Gasteiger partial charge in [0.25, 0.3) is 0 Å². The standard InChI is InChI=1S/C12H14N2O3S/c1-16-8-4-3-7(5-9(8)17-2)11-10(6-15)18-12(13)14-11/h3-5,15H,6H2,1-2H3,(H2,13,14). The van der Waals surface area contributed by atoms with Gasteiger partial charge in [-0.3, -0.25) is 0 Å². The molecule has 0 saturated heterocycles. The Morgan fingerprint density at radius 1 is 1.28 bits per heavy atom. The first kappa shape index (κ1) is 12.7. The minimum atomic E-state index is -0.0848. The van der Waals surface area contributed by atoms with Crippen LogP contribution in [0.25, 0.3) is 11.3 Å². The maximum atomic E-state index is 9.28. The van der Waals surface area contributed by atoms with Gasteiger partial charge in [0.1, 0.15) is 0 Å². The predicted octanol–water partition coefficient (Wildman–Crippen LogP) is 1.90. The number of aromatic nitrogens is 1. The van der Waals surface area contributed by atoms with Crippen LogP contribution < -0.4 is 15.2 Å².